The molecule has 0 radical (unpaired) electrons. The zero-order chi connectivity index (χ0) is 22.3. The summed E-state index contributed by atoms with van der Waals surface area (Å²) in [4.78, 5) is 16.6. The number of carbonyl (C=O) groups excluding carboxylic acids is 1. The minimum Gasteiger partial charge on any atom is -0.464 e. The van der Waals surface area contributed by atoms with Crippen LogP contribution in [0.25, 0.3) is 5.70 Å². The van der Waals surface area contributed by atoms with Crippen LogP contribution in [0, 0.1) is 5.82 Å². The standard InChI is InChI=1S/C23H23ClFN3O2/c1-5-18(22(26)28-14(2)16-9-7-6-8-10-16)21(23(29)30-4)27-15(3)19-12-11-17(24)13-20(19)25/h5-14,28H,1,3,26H2,2,4H3/b22-18+,27-21+. The molecule has 0 aliphatic heterocycles. The molecule has 0 bridgehead atoms. The minimum absolute atomic E-state index is 0.00724. The fraction of sp³-hybridized carbons (Fsp3) is 0.130. The molecule has 0 saturated heterocycles. The van der Waals surface area contributed by atoms with Crippen molar-refractivity contribution in [2.45, 2.75) is 13.0 Å². The molecule has 0 fully saturated rings. The maximum atomic E-state index is 14.2. The van der Waals surface area contributed by atoms with Gasteiger partial charge in [-0.2, -0.15) is 0 Å². The number of halogens is 2. The van der Waals surface area contributed by atoms with Crippen LogP contribution >= 0.6 is 11.6 Å². The Bertz CT molecular complexity index is 1020. The van der Waals surface area contributed by atoms with E-state index in [0.717, 1.165) is 11.6 Å². The smallest absolute Gasteiger partial charge is 0.357 e. The van der Waals surface area contributed by atoms with Crippen LogP contribution < -0.4 is 11.1 Å². The molecule has 0 spiro atoms. The number of ether oxygens (including phenoxy) is 1. The molecule has 0 aliphatic carbocycles. The van der Waals surface area contributed by atoms with E-state index >= 15 is 0 Å². The van der Waals surface area contributed by atoms with E-state index < -0.39 is 11.8 Å². The summed E-state index contributed by atoms with van der Waals surface area (Å²) in [6.07, 6.45) is 1.38. The van der Waals surface area contributed by atoms with Crippen molar-refractivity contribution in [3.8, 4) is 0 Å². The highest BCUT2D eigenvalue weighted by atomic mass is 35.5. The van der Waals surface area contributed by atoms with Crippen LogP contribution in [0.15, 0.2) is 84.2 Å². The number of nitrogens with one attached hydrogen (secondary N) is 1. The number of allylic oxidation sites excluding steroid dienone is 1. The van der Waals surface area contributed by atoms with E-state index in [4.69, 9.17) is 22.1 Å². The van der Waals surface area contributed by atoms with Crippen LogP contribution in [-0.4, -0.2) is 18.8 Å². The van der Waals surface area contributed by atoms with Crippen molar-refractivity contribution < 1.29 is 13.9 Å². The summed E-state index contributed by atoms with van der Waals surface area (Å²) < 4.78 is 19.1. The van der Waals surface area contributed by atoms with E-state index in [1.807, 2.05) is 37.3 Å². The summed E-state index contributed by atoms with van der Waals surface area (Å²) in [5, 5.41) is 3.35. The molecule has 0 amide bonds. The van der Waals surface area contributed by atoms with E-state index in [1.54, 1.807) is 0 Å². The van der Waals surface area contributed by atoms with Gasteiger partial charge in [0.05, 0.1) is 12.8 Å². The fourth-order valence-electron chi connectivity index (χ4n) is 2.70. The van der Waals surface area contributed by atoms with Crippen LogP contribution in [0.5, 0.6) is 0 Å². The van der Waals surface area contributed by atoms with Gasteiger partial charge in [-0.3, -0.25) is 0 Å². The Kier molecular flexibility index (Phi) is 7.95. The molecule has 0 aliphatic rings. The van der Waals surface area contributed by atoms with Crippen molar-refractivity contribution >= 4 is 29.0 Å². The topological polar surface area (TPSA) is 76.7 Å². The van der Waals surface area contributed by atoms with Crippen molar-refractivity contribution in [2.24, 2.45) is 10.7 Å². The average molecular weight is 428 g/mol. The molecule has 7 heteroatoms. The monoisotopic (exact) mass is 427 g/mol. The molecule has 1 unspecified atom stereocenters. The second kappa shape index (κ2) is 10.4. The van der Waals surface area contributed by atoms with Crippen molar-refractivity contribution in [1.82, 2.24) is 5.32 Å². The molecule has 156 valence electrons. The lowest BCUT2D eigenvalue weighted by atomic mass is 10.1. The Morgan fingerprint density at radius 2 is 1.97 bits per heavy atom. The van der Waals surface area contributed by atoms with Crippen LogP contribution in [-0.2, 0) is 9.53 Å². The number of rotatable bonds is 8. The predicted octanol–water partition coefficient (Wildman–Crippen LogP) is 4.77. The first-order chi connectivity index (χ1) is 14.3. The van der Waals surface area contributed by atoms with Gasteiger partial charge >= 0.3 is 5.97 Å². The summed E-state index contributed by atoms with van der Waals surface area (Å²) in [5.74, 6) is -1.22. The van der Waals surface area contributed by atoms with Gasteiger partial charge in [0, 0.05) is 22.2 Å². The van der Waals surface area contributed by atoms with Gasteiger partial charge < -0.3 is 15.8 Å². The van der Waals surface area contributed by atoms with E-state index in [0.29, 0.717) is 0 Å². The van der Waals surface area contributed by atoms with Crippen LogP contribution in [0.3, 0.4) is 0 Å². The Balaban J connectivity index is 2.45. The number of benzene rings is 2. The van der Waals surface area contributed by atoms with E-state index in [2.05, 4.69) is 23.5 Å². The van der Waals surface area contributed by atoms with Gasteiger partial charge in [0.1, 0.15) is 11.6 Å². The van der Waals surface area contributed by atoms with Crippen molar-refractivity contribution in [3.05, 3.63) is 101 Å². The van der Waals surface area contributed by atoms with Gasteiger partial charge in [-0.1, -0.05) is 61.2 Å². The second-order valence-electron chi connectivity index (χ2n) is 6.33. The first kappa shape index (κ1) is 22.9. The molecule has 30 heavy (non-hydrogen) atoms. The molecule has 5 nitrogen and oxygen atoms in total. The van der Waals surface area contributed by atoms with Gasteiger partial charge in [-0.25, -0.2) is 14.2 Å². The van der Waals surface area contributed by atoms with E-state index in [1.165, 1.54) is 25.3 Å². The number of carbonyl (C=O) groups is 1. The molecule has 3 N–H and O–H groups in total. The zero-order valence-corrected chi connectivity index (χ0v) is 17.5. The highest BCUT2D eigenvalue weighted by molar-refractivity contribution is 6.44. The van der Waals surface area contributed by atoms with Crippen molar-refractivity contribution in [2.75, 3.05) is 7.11 Å². The van der Waals surface area contributed by atoms with Gasteiger partial charge in [-0.05, 0) is 30.7 Å². The Labute approximate surface area is 180 Å². The summed E-state index contributed by atoms with van der Waals surface area (Å²) in [6, 6.07) is 13.5. The summed E-state index contributed by atoms with van der Waals surface area (Å²) in [5.41, 5.74) is 7.36. The number of hydrogen-bond donors (Lipinski definition) is 2. The van der Waals surface area contributed by atoms with E-state index in [9.17, 15) is 9.18 Å². The number of nitrogens with zero attached hydrogens (tertiary/aromatic N) is 1. The SMILES string of the molecule is C=CC(/C(=N\C(=C)c1ccc(Cl)cc1F)C(=O)OC)=C(/N)NC(C)c1ccccc1. The third kappa shape index (κ3) is 5.58. The summed E-state index contributed by atoms with van der Waals surface area (Å²) >= 11 is 5.79. The number of hydrogen-bond acceptors (Lipinski definition) is 5. The summed E-state index contributed by atoms with van der Waals surface area (Å²) in [7, 11) is 1.21. The quantitative estimate of drug-likeness (QED) is 0.361. The van der Waals surface area contributed by atoms with Gasteiger partial charge in [0.2, 0.25) is 0 Å². The first-order valence-corrected chi connectivity index (χ1v) is 9.41. The van der Waals surface area contributed by atoms with Crippen molar-refractivity contribution in [1.29, 1.82) is 0 Å². The summed E-state index contributed by atoms with van der Waals surface area (Å²) in [6.45, 7) is 9.40. The zero-order valence-electron chi connectivity index (χ0n) is 16.8. The molecule has 2 aromatic rings. The normalized spacial score (nSPS) is 13.1. The Morgan fingerprint density at radius 1 is 1.30 bits per heavy atom. The maximum Gasteiger partial charge on any atom is 0.357 e. The predicted molar refractivity (Wildman–Crippen MR) is 119 cm³/mol. The lowest BCUT2D eigenvalue weighted by Crippen LogP contribution is -2.29. The van der Waals surface area contributed by atoms with Crippen LogP contribution in [0.4, 0.5) is 4.39 Å². The molecule has 0 heterocycles. The molecular weight excluding hydrogens is 405 g/mol. The van der Waals surface area contributed by atoms with Crippen LogP contribution in [0.1, 0.15) is 24.1 Å². The van der Waals surface area contributed by atoms with Gasteiger partial charge in [0.15, 0.2) is 5.71 Å². The Morgan fingerprint density at radius 3 is 2.53 bits per heavy atom. The lowest BCUT2D eigenvalue weighted by molar-refractivity contribution is -0.132. The molecule has 0 saturated carbocycles. The molecule has 0 aromatic heterocycles. The fourth-order valence-corrected chi connectivity index (χ4v) is 2.86. The van der Waals surface area contributed by atoms with Gasteiger partial charge in [-0.15, -0.1) is 0 Å². The van der Waals surface area contributed by atoms with E-state index in [-0.39, 0.29) is 39.4 Å². The Hall–Kier alpha value is -3.38. The highest BCUT2D eigenvalue weighted by Gasteiger charge is 2.21. The third-order valence-electron chi connectivity index (χ3n) is 4.29. The molecular formula is C23H23ClFN3O2. The maximum absolute atomic E-state index is 14.2. The van der Waals surface area contributed by atoms with Gasteiger partial charge in [0.25, 0.3) is 0 Å². The van der Waals surface area contributed by atoms with Crippen molar-refractivity contribution in [3.63, 3.8) is 0 Å². The number of aliphatic imine (C=N–C) groups is 1. The molecule has 1 atom stereocenters. The number of esters is 1. The first-order valence-electron chi connectivity index (χ1n) is 9.03. The second-order valence-corrected chi connectivity index (χ2v) is 6.77. The number of methoxy groups -OCH3 is 1. The average Bonchev–Trinajstić information content (AvgIpc) is 2.73. The number of nitrogens with two attached hydrogens (primary N) is 1. The molecule has 2 rings (SSSR count). The highest BCUT2D eigenvalue weighted by Crippen LogP contribution is 2.23. The lowest BCUT2D eigenvalue weighted by Gasteiger charge is -2.18. The largest absolute Gasteiger partial charge is 0.464 e. The third-order valence-corrected chi connectivity index (χ3v) is 4.52. The minimum atomic E-state index is -0.766. The van der Waals surface area contributed by atoms with Crippen LogP contribution in [0.2, 0.25) is 5.02 Å². The molecule has 2 aromatic carbocycles.